The van der Waals surface area contributed by atoms with Crippen LogP contribution in [0.4, 0.5) is 14.5 Å². The second kappa shape index (κ2) is 11.3. The normalized spacial score (nSPS) is 14.9. The number of rotatable bonds is 8. The van der Waals surface area contributed by atoms with Gasteiger partial charge in [0.1, 0.15) is 17.4 Å². The summed E-state index contributed by atoms with van der Waals surface area (Å²) in [6, 6.07) is 13.4. The van der Waals surface area contributed by atoms with Crippen LogP contribution in [0.2, 0.25) is 0 Å². The van der Waals surface area contributed by atoms with Gasteiger partial charge in [-0.25, -0.2) is 8.78 Å². The van der Waals surface area contributed by atoms with Crippen LogP contribution >= 0.6 is 0 Å². The SMILES string of the molecule is CCC1Oc2ccc(NC(=O)c3ccc(F)cc3F)cc2CN(CCc2ccc(OC)c(OC)c2)C1=O. The minimum absolute atomic E-state index is 0.127. The first kappa shape index (κ1) is 25.9. The average molecular weight is 511 g/mol. The van der Waals surface area contributed by atoms with Crippen LogP contribution in [0, 0.1) is 11.6 Å². The summed E-state index contributed by atoms with van der Waals surface area (Å²) in [7, 11) is 3.14. The van der Waals surface area contributed by atoms with Gasteiger partial charge in [-0.3, -0.25) is 9.59 Å². The molecule has 1 atom stereocenters. The quantitative estimate of drug-likeness (QED) is 0.463. The molecule has 0 spiro atoms. The standard InChI is InChI=1S/C28H28F2N2O5/c1-4-23-28(34)32(12-11-17-5-9-25(35-2)26(13-17)36-3)16-18-14-20(7-10-24(18)37-23)31-27(33)21-8-6-19(29)15-22(21)30/h5-10,13-15,23H,4,11-12,16H2,1-3H3,(H,31,33). The van der Waals surface area contributed by atoms with E-state index >= 15 is 0 Å². The molecule has 2 amide bonds. The number of anilines is 1. The molecule has 0 saturated heterocycles. The van der Waals surface area contributed by atoms with E-state index < -0.39 is 23.6 Å². The lowest BCUT2D eigenvalue weighted by molar-refractivity contribution is -0.138. The van der Waals surface area contributed by atoms with Gasteiger partial charge < -0.3 is 24.4 Å². The molecule has 0 saturated carbocycles. The fourth-order valence-corrected chi connectivity index (χ4v) is 4.21. The fraction of sp³-hybridized carbons (Fsp3) is 0.286. The molecule has 0 fully saturated rings. The second-order valence-corrected chi connectivity index (χ2v) is 8.61. The van der Waals surface area contributed by atoms with Gasteiger partial charge in [0.2, 0.25) is 0 Å². The number of halogens is 2. The van der Waals surface area contributed by atoms with E-state index in [2.05, 4.69) is 5.32 Å². The molecule has 1 heterocycles. The minimum Gasteiger partial charge on any atom is -0.493 e. The Balaban J connectivity index is 1.53. The lowest BCUT2D eigenvalue weighted by Gasteiger charge is -2.23. The highest BCUT2D eigenvalue weighted by Gasteiger charge is 2.30. The predicted molar refractivity (Wildman–Crippen MR) is 134 cm³/mol. The number of nitrogens with zero attached hydrogens (tertiary/aromatic N) is 1. The number of hydrogen-bond donors (Lipinski definition) is 1. The number of methoxy groups -OCH3 is 2. The summed E-state index contributed by atoms with van der Waals surface area (Å²) < 4.78 is 43.9. The van der Waals surface area contributed by atoms with Crippen molar-refractivity contribution >= 4 is 17.5 Å². The lowest BCUT2D eigenvalue weighted by atomic mass is 10.1. The molecule has 0 aliphatic carbocycles. The molecule has 3 aromatic rings. The molecular formula is C28H28F2N2O5. The maximum absolute atomic E-state index is 14.0. The molecule has 194 valence electrons. The summed E-state index contributed by atoms with van der Waals surface area (Å²) in [5, 5.41) is 2.64. The molecule has 37 heavy (non-hydrogen) atoms. The van der Waals surface area contributed by atoms with E-state index in [1.165, 1.54) is 0 Å². The van der Waals surface area contributed by atoms with E-state index in [4.69, 9.17) is 14.2 Å². The Morgan fingerprint density at radius 3 is 2.54 bits per heavy atom. The van der Waals surface area contributed by atoms with E-state index in [1.807, 2.05) is 25.1 Å². The molecule has 4 rings (SSSR count). The van der Waals surface area contributed by atoms with Gasteiger partial charge in [-0.15, -0.1) is 0 Å². The summed E-state index contributed by atoms with van der Waals surface area (Å²) in [5.41, 5.74) is 1.81. The summed E-state index contributed by atoms with van der Waals surface area (Å²) in [4.78, 5) is 27.5. The van der Waals surface area contributed by atoms with Crippen LogP contribution in [-0.4, -0.2) is 43.6 Å². The number of benzene rings is 3. The Morgan fingerprint density at radius 1 is 1.05 bits per heavy atom. The van der Waals surface area contributed by atoms with Gasteiger partial charge in [0.25, 0.3) is 11.8 Å². The van der Waals surface area contributed by atoms with E-state index in [-0.39, 0.29) is 18.0 Å². The molecule has 0 aromatic heterocycles. The first-order chi connectivity index (χ1) is 17.8. The summed E-state index contributed by atoms with van der Waals surface area (Å²) in [5.74, 6) is -0.772. The van der Waals surface area contributed by atoms with Gasteiger partial charge in [-0.05, 0) is 60.9 Å². The Kier molecular flexibility index (Phi) is 7.91. The zero-order valence-electron chi connectivity index (χ0n) is 20.8. The van der Waals surface area contributed by atoms with Crippen LogP contribution in [0.25, 0.3) is 0 Å². The van der Waals surface area contributed by atoms with Crippen LogP contribution in [0.5, 0.6) is 17.2 Å². The number of fused-ring (bicyclic) bond motifs is 1. The van der Waals surface area contributed by atoms with E-state index in [9.17, 15) is 18.4 Å². The van der Waals surface area contributed by atoms with Crippen molar-refractivity contribution in [2.45, 2.75) is 32.4 Å². The molecule has 1 N–H and O–H groups in total. The number of carbonyl (C=O) groups is 2. The van der Waals surface area contributed by atoms with Crippen molar-refractivity contribution in [2.24, 2.45) is 0 Å². The summed E-state index contributed by atoms with van der Waals surface area (Å²) in [6.07, 6.45) is 0.436. The van der Waals surface area contributed by atoms with Crippen molar-refractivity contribution in [3.63, 3.8) is 0 Å². The van der Waals surface area contributed by atoms with Crippen LogP contribution in [0.1, 0.15) is 34.8 Å². The van der Waals surface area contributed by atoms with E-state index in [0.717, 1.165) is 17.7 Å². The average Bonchev–Trinajstić information content (AvgIpc) is 3.02. The molecule has 0 radical (unpaired) electrons. The third-order valence-corrected chi connectivity index (χ3v) is 6.20. The third-order valence-electron chi connectivity index (χ3n) is 6.20. The maximum atomic E-state index is 14.0. The molecule has 1 aliphatic rings. The number of ether oxygens (including phenoxy) is 3. The highest BCUT2D eigenvalue weighted by molar-refractivity contribution is 6.04. The largest absolute Gasteiger partial charge is 0.493 e. The topological polar surface area (TPSA) is 77.1 Å². The monoisotopic (exact) mass is 510 g/mol. The zero-order valence-corrected chi connectivity index (χ0v) is 20.8. The van der Waals surface area contributed by atoms with Crippen molar-refractivity contribution in [1.82, 2.24) is 4.90 Å². The van der Waals surface area contributed by atoms with Crippen molar-refractivity contribution in [1.29, 1.82) is 0 Å². The molecule has 1 unspecified atom stereocenters. The smallest absolute Gasteiger partial charge is 0.263 e. The van der Waals surface area contributed by atoms with Gasteiger partial charge in [-0.2, -0.15) is 0 Å². The zero-order chi connectivity index (χ0) is 26.5. The van der Waals surface area contributed by atoms with Gasteiger partial charge in [0, 0.05) is 30.4 Å². The number of hydrogen-bond acceptors (Lipinski definition) is 5. The van der Waals surface area contributed by atoms with Crippen LogP contribution < -0.4 is 19.5 Å². The number of carbonyl (C=O) groups excluding carboxylic acids is 2. The van der Waals surface area contributed by atoms with Gasteiger partial charge in [0.05, 0.1) is 19.8 Å². The lowest BCUT2D eigenvalue weighted by Crippen LogP contribution is -2.40. The molecule has 7 nitrogen and oxygen atoms in total. The van der Waals surface area contributed by atoms with Gasteiger partial charge >= 0.3 is 0 Å². The molecular weight excluding hydrogens is 482 g/mol. The van der Waals surface area contributed by atoms with Crippen LogP contribution in [0.15, 0.2) is 54.6 Å². The predicted octanol–water partition coefficient (Wildman–Crippen LogP) is 4.98. The van der Waals surface area contributed by atoms with Crippen molar-refractivity contribution in [3.05, 3.63) is 82.9 Å². The van der Waals surface area contributed by atoms with Gasteiger partial charge in [-0.1, -0.05) is 13.0 Å². The highest BCUT2D eigenvalue weighted by Crippen LogP contribution is 2.31. The Bertz CT molecular complexity index is 1310. The first-order valence-electron chi connectivity index (χ1n) is 11.9. The maximum Gasteiger partial charge on any atom is 0.263 e. The molecule has 9 heteroatoms. The van der Waals surface area contributed by atoms with Crippen molar-refractivity contribution in [2.75, 3.05) is 26.1 Å². The van der Waals surface area contributed by atoms with Crippen molar-refractivity contribution < 1.29 is 32.6 Å². The first-order valence-corrected chi connectivity index (χ1v) is 11.9. The van der Waals surface area contributed by atoms with Crippen molar-refractivity contribution in [3.8, 4) is 17.2 Å². The molecule has 0 bridgehead atoms. The number of nitrogens with one attached hydrogen (secondary N) is 1. The Labute approximate surface area is 213 Å². The van der Waals surface area contributed by atoms with Gasteiger partial charge in [0.15, 0.2) is 17.6 Å². The highest BCUT2D eigenvalue weighted by atomic mass is 19.1. The van der Waals surface area contributed by atoms with E-state index in [0.29, 0.717) is 54.0 Å². The van der Waals surface area contributed by atoms with E-state index in [1.54, 1.807) is 37.3 Å². The molecule has 1 aliphatic heterocycles. The number of amides is 2. The Morgan fingerprint density at radius 2 is 1.84 bits per heavy atom. The summed E-state index contributed by atoms with van der Waals surface area (Å²) in [6.45, 7) is 2.59. The fourth-order valence-electron chi connectivity index (χ4n) is 4.21. The second-order valence-electron chi connectivity index (χ2n) is 8.61. The molecule has 3 aromatic carbocycles. The summed E-state index contributed by atoms with van der Waals surface area (Å²) >= 11 is 0. The Hall–Kier alpha value is -4.14. The third kappa shape index (κ3) is 5.82. The van der Waals surface area contributed by atoms with Crippen LogP contribution in [0.3, 0.4) is 0 Å². The minimum atomic E-state index is -0.951. The van der Waals surface area contributed by atoms with Crippen LogP contribution in [-0.2, 0) is 17.8 Å².